The molecular weight excluding hydrogens is 397 g/mol. The van der Waals surface area contributed by atoms with Crippen LogP contribution in [0, 0.1) is 0 Å². The summed E-state index contributed by atoms with van der Waals surface area (Å²) in [5, 5.41) is 0.751. The van der Waals surface area contributed by atoms with Crippen molar-refractivity contribution < 1.29 is 17.9 Å². The van der Waals surface area contributed by atoms with Crippen LogP contribution in [-0.4, -0.2) is 33.5 Å². The van der Waals surface area contributed by atoms with Crippen LogP contribution in [0.1, 0.15) is 16.7 Å². The molecule has 2 aromatic carbocycles. The van der Waals surface area contributed by atoms with Gasteiger partial charge < -0.3 is 9.47 Å². The second kappa shape index (κ2) is 7.64. The van der Waals surface area contributed by atoms with Crippen molar-refractivity contribution >= 4 is 33.2 Å². The van der Waals surface area contributed by atoms with E-state index in [1.54, 1.807) is 32.4 Å². The van der Waals surface area contributed by atoms with E-state index in [4.69, 9.17) is 32.7 Å². The summed E-state index contributed by atoms with van der Waals surface area (Å²) in [6, 6.07) is 8.63. The summed E-state index contributed by atoms with van der Waals surface area (Å²) in [7, 11) is -0.339. The molecule has 0 unspecified atom stereocenters. The Morgan fingerprint density at radius 2 is 1.65 bits per heavy atom. The van der Waals surface area contributed by atoms with E-state index in [1.165, 1.54) is 4.31 Å². The van der Waals surface area contributed by atoms with E-state index < -0.39 is 10.0 Å². The van der Waals surface area contributed by atoms with Gasteiger partial charge in [0, 0.05) is 13.1 Å². The Labute approximate surface area is 163 Å². The second-order valence-corrected chi connectivity index (χ2v) is 8.85. The van der Waals surface area contributed by atoms with E-state index in [0.717, 1.165) is 11.1 Å². The molecule has 0 N–H and O–H groups in total. The van der Waals surface area contributed by atoms with Crippen molar-refractivity contribution in [2.45, 2.75) is 18.7 Å². The first-order chi connectivity index (χ1) is 12.3. The number of fused-ring (bicyclic) bond motifs is 1. The van der Waals surface area contributed by atoms with Crippen LogP contribution in [0.15, 0.2) is 30.3 Å². The molecule has 0 aromatic heterocycles. The summed E-state index contributed by atoms with van der Waals surface area (Å²) >= 11 is 11.9. The highest BCUT2D eigenvalue weighted by molar-refractivity contribution is 7.88. The molecule has 0 fully saturated rings. The number of ether oxygens (including phenoxy) is 2. The van der Waals surface area contributed by atoms with Gasteiger partial charge in [-0.15, -0.1) is 0 Å². The van der Waals surface area contributed by atoms with Gasteiger partial charge in [0.15, 0.2) is 11.5 Å². The van der Waals surface area contributed by atoms with Gasteiger partial charge in [-0.3, -0.25) is 0 Å². The highest BCUT2D eigenvalue weighted by Gasteiger charge is 2.28. The molecule has 2 aromatic rings. The molecule has 0 radical (unpaired) electrons. The monoisotopic (exact) mass is 415 g/mol. The van der Waals surface area contributed by atoms with Crippen molar-refractivity contribution in [3.63, 3.8) is 0 Å². The summed E-state index contributed by atoms with van der Waals surface area (Å²) in [6.07, 6.45) is 0.621. The van der Waals surface area contributed by atoms with E-state index in [9.17, 15) is 8.42 Å². The van der Waals surface area contributed by atoms with Gasteiger partial charge in [0.2, 0.25) is 10.0 Å². The zero-order chi connectivity index (χ0) is 18.9. The third-order valence-electron chi connectivity index (χ3n) is 4.41. The van der Waals surface area contributed by atoms with Crippen LogP contribution in [-0.2, 0) is 28.7 Å². The fourth-order valence-corrected chi connectivity index (χ4v) is 4.84. The molecule has 0 aliphatic carbocycles. The average molecular weight is 416 g/mol. The quantitative estimate of drug-likeness (QED) is 0.742. The third kappa shape index (κ3) is 3.93. The maximum absolute atomic E-state index is 12.8. The minimum atomic E-state index is -3.48. The maximum atomic E-state index is 12.8. The molecule has 8 heteroatoms. The van der Waals surface area contributed by atoms with Crippen LogP contribution in [0.25, 0.3) is 0 Å². The Morgan fingerprint density at radius 1 is 1.00 bits per heavy atom. The minimum Gasteiger partial charge on any atom is -0.493 e. The maximum Gasteiger partial charge on any atom is 0.218 e. The van der Waals surface area contributed by atoms with E-state index in [2.05, 4.69) is 0 Å². The van der Waals surface area contributed by atoms with Crippen molar-refractivity contribution in [2.24, 2.45) is 0 Å². The lowest BCUT2D eigenvalue weighted by molar-refractivity contribution is 0.348. The summed E-state index contributed by atoms with van der Waals surface area (Å²) in [4.78, 5) is 0. The first kappa shape index (κ1) is 19.3. The number of halogens is 2. The molecule has 5 nitrogen and oxygen atoms in total. The summed E-state index contributed by atoms with van der Waals surface area (Å²) < 4.78 is 37.8. The molecule has 1 aliphatic heterocycles. The summed E-state index contributed by atoms with van der Waals surface area (Å²) in [6.45, 7) is 0.728. The first-order valence-corrected chi connectivity index (χ1v) is 10.4. The fraction of sp³-hybridized carbons (Fsp3) is 0.333. The Kier molecular flexibility index (Phi) is 5.67. The Hall–Kier alpha value is -1.47. The third-order valence-corrected chi connectivity index (χ3v) is 6.95. The van der Waals surface area contributed by atoms with Crippen LogP contribution < -0.4 is 9.47 Å². The Bertz CT molecular complexity index is 931. The molecule has 0 amide bonds. The number of sulfonamides is 1. The molecular formula is C18H19Cl2NO4S. The van der Waals surface area contributed by atoms with Gasteiger partial charge in [0.1, 0.15) is 0 Å². The van der Waals surface area contributed by atoms with Crippen LogP contribution in [0.3, 0.4) is 0 Å². The van der Waals surface area contributed by atoms with Gasteiger partial charge in [0.25, 0.3) is 0 Å². The van der Waals surface area contributed by atoms with E-state index in [0.29, 0.717) is 46.6 Å². The highest BCUT2D eigenvalue weighted by Crippen LogP contribution is 2.34. The fourth-order valence-electron chi connectivity index (χ4n) is 3.03. The summed E-state index contributed by atoms with van der Waals surface area (Å²) in [5.41, 5.74) is 2.60. The standard InChI is InChI=1S/C18H19Cl2NO4S/c1-24-17-8-13-5-6-21(10-14(13)9-18(17)25-2)26(22,23)11-12-3-4-15(19)16(20)7-12/h3-4,7-9H,5-6,10-11H2,1-2H3. The van der Waals surface area contributed by atoms with Crippen molar-refractivity contribution in [3.05, 3.63) is 57.1 Å². The molecule has 140 valence electrons. The number of hydrogen-bond acceptors (Lipinski definition) is 4. The lowest BCUT2D eigenvalue weighted by atomic mass is 10.0. The zero-order valence-corrected chi connectivity index (χ0v) is 16.8. The molecule has 26 heavy (non-hydrogen) atoms. The van der Waals surface area contributed by atoms with Gasteiger partial charge in [-0.1, -0.05) is 29.3 Å². The first-order valence-electron chi connectivity index (χ1n) is 7.99. The molecule has 0 spiro atoms. The molecule has 0 saturated carbocycles. The van der Waals surface area contributed by atoms with E-state index in [1.807, 2.05) is 12.1 Å². The van der Waals surface area contributed by atoms with Crippen molar-refractivity contribution in [3.8, 4) is 11.5 Å². The summed E-state index contributed by atoms with van der Waals surface area (Å²) in [5.74, 6) is 1.13. The van der Waals surface area contributed by atoms with Crippen molar-refractivity contribution in [1.29, 1.82) is 0 Å². The largest absolute Gasteiger partial charge is 0.493 e. The second-order valence-electron chi connectivity index (χ2n) is 6.06. The molecule has 0 bridgehead atoms. The number of nitrogens with zero attached hydrogens (tertiary/aromatic N) is 1. The van der Waals surface area contributed by atoms with Crippen LogP contribution in [0.2, 0.25) is 10.0 Å². The highest BCUT2D eigenvalue weighted by atomic mass is 35.5. The van der Waals surface area contributed by atoms with Gasteiger partial charge in [0.05, 0.1) is 30.0 Å². The molecule has 0 saturated heterocycles. The SMILES string of the molecule is COc1cc2c(cc1OC)CN(S(=O)(=O)Cc1ccc(Cl)c(Cl)c1)CC2. The molecule has 3 rings (SSSR count). The predicted octanol–water partition coefficient (Wildman–Crippen LogP) is 3.90. The molecule has 1 heterocycles. The number of hydrogen-bond donors (Lipinski definition) is 0. The topological polar surface area (TPSA) is 55.8 Å². The predicted molar refractivity (Wildman–Crippen MR) is 103 cm³/mol. The molecule has 0 atom stereocenters. The number of rotatable bonds is 5. The van der Waals surface area contributed by atoms with Crippen molar-refractivity contribution in [1.82, 2.24) is 4.31 Å². The van der Waals surface area contributed by atoms with Crippen molar-refractivity contribution in [2.75, 3.05) is 20.8 Å². The number of methoxy groups -OCH3 is 2. The van der Waals surface area contributed by atoms with Crippen LogP contribution >= 0.6 is 23.2 Å². The lowest BCUT2D eigenvalue weighted by Gasteiger charge is -2.29. The van der Waals surface area contributed by atoms with E-state index in [-0.39, 0.29) is 5.75 Å². The van der Waals surface area contributed by atoms with Crippen LogP contribution in [0.5, 0.6) is 11.5 Å². The van der Waals surface area contributed by atoms with Gasteiger partial charge in [-0.25, -0.2) is 8.42 Å². The number of benzene rings is 2. The Balaban J connectivity index is 1.83. The molecule has 1 aliphatic rings. The Morgan fingerprint density at radius 3 is 2.27 bits per heavy atom. The zero-order valence-electron chi connectivity index (χ0n) is 14.5. The minimum absolute atomic E-state index is 0.119. The lowest BCUT2D eigenvalue weighted by Crippen LogP contribution is -2.36. The van der Waals surface area contributed by atoms with E-state index >= 15 is 0 Å². The van der Waals surface area contributed by atoms with Crippen LogP contribution in [0.4, 0.5) is 0 Å². The normalized spacial score (nSPS) is 14.8. The van der Waals surface area contributed by atoms with Gasteiger partial charge in [-0.05, 0) is 47.4 Å². The average Bonchev–Trinajstić information content (AvgIpc) is 2.62. The van der Waals surface area contributed by atoms with Gasteiger partial charge >= 0.3 is 0 Å². The smallest absolute Gasteiger partial charge is 0.218 e. The van der Waals surface area contributed by atoms with Gasteiger partial charge in [-0.2, -0.15) is 4.31 Å².